The van der Waals surface area contributed by atoms with Gasteiger partial charge >= 0.3 is 0 Å². The standard InChI is InChI=1S/C17H17ClN6O2S/c1-4-24-9(2)20-12-7-10(5-6-13(12)24)15(25)22-23-16(26)14-11(18)8-19-17(21-14)27-3/h5-8H,4H2,1-3H3,(H,22,25)(H,23,26). The van der Waals surface area contributed by atoms with E-state index >= 15 is 0 Å². The van der Waals surface area contributed by atoms with Crippen LogP contribution in [0.1, 0.15) is 33.6 Å². The van der Waals surface area contributed by atoms with Gasteiger partial charge in [0.2, 0.25) is 0 Å². The van der Waals surface area contributed by atoms with Gasteiger partial charge in [0, 0.05) is 12.1 Å². The Labute approximate surface area is 164 Å². The smallest absolute Gasteiger partial charge is 0.289 e. The van der Waals surface area contributed by atoms with Crippen molar-refractivity contribution in [1.29, 1.82) is 0 Å². The van der Waals surface area contributed by atoms with E-state index in [1.54, 1.807) is 18.4 Å². The maximum atomic E-state index is 12.4. The molecule has 0 saturated heterocycles. The zero-order valence-electron chi connectivity index (χ0n) is 14.9. The van der Waals surface area contributed by atoms with Crippen molar-refractivity contribution in [3.63, 3.8) is 0 Å². The molecule has 0 aliphatic carbocycles. The van der Waals surface area contributed by atoms with Gasteiger partial charge in [-0.25, -0.2) is 15.0 Å². The molecule has 3 rings (SSSR count). The Hall–Kier alpha value is -2.65. The van der Waals surface area contributed by atoms with Crippen LogP contribution in [0.2, 0.25) is 5.02 Å². The van der Waals surface area contributed by atoms with Crippen molar-refractivity contribution in [3.8, 4) is 0 Å². The van der Waals surface area contributed by atoms with Crippen LogP contribution in [0, 0.1) is 6.92 Å². The molecule has 2 aromatic heterocycles. The maximum Gasteiger partial charge on any atom is 0.289 e. The highest BCUT2D eigenvalue weighted by Gasteiger charge is 2.16. The van der Waals surface area contributed by atoms with Crippen molar-refractivity contribution >= 4 is 46.2 Å². The third kappa shape index (κ3) is 3.88. The molecule has 10 heteroatoms. The molecular formula is C17H17ClN6O2S. The second-order valence-corrected chi connectivity index (χ2v) is 6.75. The molecule has 0 aliphatic heterocycles. The van der Waals surface area contributed by atoms with Crippen LogP contribution >= 0.6 is 23.4 Å². The maximum absolute atomic E-state index is 12.4. The number of rotatable bonds is 4. The summed E-state index contributed by atoms with van der Waals surface area (Å²) in [5.74, 6) is -0.219. The van der Waals surface area contributed by atoms with Gasteiger partial charge in [-0.05, 0) is 38.3 Å². The molecule has 27 heavy (non-hydrogen) atoms. The summed E-state index contributed by atoms with van der Waals surface area (Å²) in [4.78, 5) is 37.1. The molecule has 2 N–H and O–H groups in total. The average molecular weight is 405 g/mol. The lowest BCUT2D eigenvalue weighted by Crippen LogP contribution is -2.42. The van der Waals surface area contributed by atoms with Crippen molar-refractivity contribution in [3.05, 3.63) is 46.5 Å². The van der Waals surface area contributed by atoms with Crippen molar-refractivity contribution in [1.82, 2.24) is 30.4 Å². The van der Waals surface area contributed by atoms with Gasteiger partial charge in [-0.3, -0.25) is 20.4 Å². The number of halogens is 1. The van der Waals surface area contributed by atoms with E-state index in [0.717, 1.165) is 23.4 Å². The fraction of sp³-hybridized carbons (Fsp3) is 0.235. The number of thioether (sulfide) groups is 1. The first kappa shape index (κ1) is 19.1. The zero-order chi connectivity index (χ0) is 19.6. The highest BCUT2D eigenvalue weighted by atomic mass is 35.5. The Balaban J connectivity index is 1.74. The molecule has 1 aromatic carbocycles. The van der Waals surface area contributed by atoms with Gasteiger partial charge in [-0.15, -0.1) is 0 Å². The van der Waals surface area contributed by atoms with Crippen LogP contribution in [0.4, 0.5) is 0 Å². The largest absolute Gasteiger partial charge is 0.329 e. The molecule has 2 amide bonds. The quantitative estimate of drug-likeness (QED) is 0.393. The number of hydrogen-bond donors (Lipinski definition) is 2. The van der Waals surface area contributed by atoms with Gasteiger partial charge in [0.15, 0.2) is 10.9 Å². The van der Waals surface area contributed by atoms with E-state index in [2.05, 4.69) is 30.4 Å². The molecule has 0 spiro atoms. The molecule has 140 valence electrons. The van der Waals surface area contributed by atoms with Gasteiger partial charge in [-0.2, -0.15) is 0 Å². The zero-order valence-corrected chi connectivity index (χ0v) is 16.5. The molecule has 8 nitrogen and oxygen atoms in total. The number of hydrazine groups is 1. The molecule has 2 heterocycles. The van der Waals surface area contributed by atoms with Gasteiger partial charge in [0.05, 0.1) is 22.3 Å². The number of fused-ring (bicyclic) bond motifs is 1. The molecule has 0 radical (unpaired) electrons. The first-order valence-corrected chi connectivity index (χ1v) is 9.69. The van der Waals surface area contributed by atoms with Crippen molar-refractivity contribution in [2.24, 2.45) is 0 Å². The predicted octanol–water partition coefficient (Wildman–Crippen LogP) is 2.60. The van der Waals surface area contributed by atoms with E-state index in [4.69, 9.17) is 11.6 Å². The summed E-state index contributed by atoms with van der Waals surface area (Å²) >= 11 is 7.24. The number of nitrogens with zero attached hydrogens (tertiary/aromatic N) is 4. The van der Waals surface area contributed by atoms with Crippen molar-refractivity contribution in [2.45, 2.75) is 25.5 Å². The summed E-state index contributed by atoms with van der Waals surface area (Å²) in [5, 5.41) is 0.504. The molecule has 0 aliphatic rings. The topological polar surface area (TPSA) is 102 Å². The minimum atomic E-state index is -0.627. The van der Waals surface area contributed by atoms with E-state index in [1.165, 1.54) is 18.0 Å². The van der Waals surface area contributed by atoms with E-state index in [1.807, 2.05) is 19.9 Å². The minimum absolute atomic E-state index is 0.0101. The SMILES string of the molecule is CCn1c(C)nc2cc(C(=O)NNC(=O)c3nc(SC)ncc3Cl)ccc21. The summed E-state index contributed by atoms with van der Waals surface area (Å²) in [6.45, 7) is 4.74. The van der Waals surface area contributed by atoms with Crippen LogP contribution in [0.3, 0.4) is 0 Å². The number of carbonyl (C=O) groups is 2. The second-order valence-electron chi connectivity index (χ2n) is 5.57. The third-order valence-corrected chi connectivity index (χ3v) is 4.77. The fourth-order valence-electron chi connectivity index (χ4n) is 2.64. The summed E-state index contributed by atoms with van der Waals surface area (Å²) in [6, 6.07) is 5.20. The summed E-state index contributed by atoms with van der Waals surface area (Å²) in [6.07, 6.45) is 3.13. The molecule has 0 bridgehead atoms. The first-order chi connectivity index (χ1) is 12.9. The highest BCUT2D eigenvalue weighted by molar-refractivity contribution is 7.98. The molecule has 0 saturated carbocycles. The average Bonchev–Trinajstić information content (AvgIpc) is 3.00. The van der Waals surface area contributed by atoms with Crippen LogP contribution < -0.4 is 10.9 Å². The Kier molecular flexibility index (Phi) is 5.62. The van der Waals surface area contributed by atoms with Gasteiger partial charge < -0.3 is 4.57 Å². The number of aryl methyl sites for hydroxylation is 2. The van der Waals surface area contributed by atoms with Gasteiger partial charge in [-0.1, -0.05) is 23.4 Å². The highest BCUT2D eigenvalue weighted by Crippen LogP contribution is 2.18. The summed E-state index contributed by atoms with van der Waals surface area (Å²) in [5.41, 5.74) is 6.72. The molecule has 3 aromatic rings. The monoisotopic (exact) mass is 404 g/mol. The Morgan fingerprint density at radius 3 is 2.67 bits per heavy atom. The molecule has 0 atom stereocenters. The Morgan fingerprint density at radius 1 is 1.22 bits per heavy atom. The van der Waals surface area contributed by atoms with Crippen molar-refractivity contribution < 1.29 is 9.59 Å². The molecular weight excluding hydrogens is 388 g/mol. The summed E-state index contributed by atoms with van der Waals surface area (Å²) in [7, 11) is 0. The van der Waals surface area contributed by atoms with E-state index in [9.17, 15) is 9.59 Å². The van der Waals surface area contributed by atoms with Crippen LogP contribution in [0.25, 0.3) is 11.0 Å². The Morgan fingerprint density at radius 2 is 1.96 bits per heavy atom. The van der Waals surface area contributed by atoms with E-state index < -0.39 is 11.8 Å². The first-order valence-electron chi connectivity index (χ1n) is 8.08. The number of hydrogen-bond acceptors (Lipinski definition) is 6. The summed E-state index contributed by atoms with van der Waals surface area (Å²) < 4.78 is 2.05. The Bertz CT molecular complexity index is 1040. The van der Waals surface area contributed by atoms with Crippen molar-refractivity contribution in [2.75, 3.05) is 6.26 Å². The number of amides is 2. The van der Waals surface area contributed by atoms with Crippen LogP contribution in [-0.4, -0.2) is 37.6 Å². The normalized spacial score (nSPS) is 10.8. The number of imidazole rings is 1. The van der Waals surface area contributed by atoms with Crippen LogP contribution in [0.15, 0.2) is 29.6 Å². The number of aromatic nitrogens is 4. The predicted molar refractivity (Wildman–Crippen MR) is 104 cm³/mol. The van der Waals surface area contributed by atoms with Gasteiger partial charge in [0.1, 0.15) is 5.82 Å². The molecule has 0 unspecified atom stereocenters. The fourth-order valence-corrected chi connectivity index (χ4v) is 3.16. The minimum Gasteiger partial charge on any atom is -0.329 e. The molecule has 0 fully saturated rings. The number of benzene rings is 1. The number of carbonyl (C=O) groups excluding carboxylic acids is 2. The van der Waals surface area contributed by atoms with Crippen LogP contribution in [-0.2, 0) is 6.54 Å². The number of nitrogens with one attached hydrogen (secondary N) is 2. The second kappa shape index (κ2) is 7.93. The van der Waals surface area contributed by atoms with Gasteiger partial charge in [0.25, 0.3) is 11.8 Å². The van der Waals surface area contributed by atoms with E-state index in [-0.39, 0.29) is 10.7 Å². The third-order valence-electron chi connectivity index (χ3n) is 3.93. The van der Waals surface area contributed by atoms with Crippen LogP contribution in [0.5, 0.6) is 0 Å². The van der Waals surface area contributed by atoms with E-state index in [0.29, 0.717) is 10.7 Å². The lowest BCUT2D eigenvalue weighted by Gasteiger charge is -2.08. The lowest BCUT2D eigenvalue weighted by atomic mass is 10.2. The lowest BCUT2D eigenvalue weighted by molar-refractivity contribution is 0.0843.